The molecule has 0 saturated heterocycles. The van der Waals surface area contributed by atoms with Crippen LogP contribution in [0.1, 0.15) is 16.7 Å². The molecule has 0 aliphatic carbocycles. The third-order valence-corrected chi connectivity index (χ3v) is 5.70. The van der Waals surface area contributed by atoms with Crippen molar-refractivity contribution in [2.75, 3.05) is 7.11 Å². The Labute approximate surface area is 192 Å². The maximum Gasteiger partial charge on any atom is 0.440 e. The summed E-state index contributed by atoms with van der Waals surface area (Å²) in [7, 11) is 1.35. The number of nitroso groups, excluding NO2 is 1. The highest BCUT2D eigenvalue weighted by molar-refractivity contribution is 5.76. The second-order valence-electron chi connectivity index (χ2n) is 7.60. The Morgan fingerprint density at radius 1 is 0.939 bits per heavy atom. The summed E-state index contributed by atoms with van der Waals surface area (Å²) in [6.07, 6.45) is 3.27. The molecule has 1 heterocycles. The molecule has 1 unspecified atom stereocenters. The number of rotatable bonds is 9. The first-order valence-electron chi connectivity index (χ1n) is 10.6. The predicted molar refractivity (Wildman–Crippen MR) is 125 cm³/mol. The number of benzene rings is 3. The largest absolute Gasteiger partial charge is 0.468 e. The summed E-state index contributed by atoms with van der Waals surface area (Å²) in [6, 6.07) is 29.1. The molecular weight excluding hydrogens is 416 g/mol. The van der Waals surface area contributed by atoms with Gasteiger partial charge in [-0.3, -0.25) is 10.1 Å². The second kappa shape index (κ2) is 10.0. The van der Waals surface area contributed by atoms with Crippen molar-refractivity contribution in [3.63, 3.8) is 0 Å². The zero-order valence-electron chi connectivity index (χ0n) is 18.2. The molecule has 0 saturated carbocycles. The quantitative estimate of drug-likeness (QED) is 0.179. The molecule has 1 aromatic heterocycles. The van der Waals surface area contributed by atoms with Gasteiger partial charge in [-0.2, -0.15) is 0 Å². The number of esters is 1. The fraction of sp³-hybridized carbons (Fsp3) is 0.154. The molecule has 0 amide bonds. The fourth-order valence-electron chi connectivity index (χ4n) is 4.18. The molecule has 4 aromatic rings. The van der Waals surface area contributed by atoms with E-state index in [1.807, 2.05) is 91.0 Å². The Kier molecular flexibility index (Phi) is 6.71. The van der Waals surface area contributed by atoms with E-state index in [9.17, 15) is 9.70 Å². The molecule has 0 radical (unpaired) electrons. The smallest absolute Gasteiger partial charge is 0.440 e. The number of aromatic nitrogens is 2. The summed E-state index contributed by atoms with van der Waals surface area (Å²) >= 11 is 0. The van der Waals surface area contributed by atoms with Crippen molar-refractivity contribution in [2.24, 2.45) is 5.18 Å². The maximum atomic E-state index is 13.0. The van der Waals surface area contributed by atoms with Gasteiger partial charge in [0.1, 0.15) is 6.04 Å². The van der Waals surface area contributed by atoms with Crippen LogP contribution in [0.15, 0.2) is 109 Å². The van der Waals surface area contributed by atoms with Gasteiger partial charge in [0.15, 0.2) is 5.18 Å². The molecular formula is C26H25N4O3+. The van der Waals surface area contributed by atoms with Crippen LogP contribution in [0.25, 0.3) is 0 Å². The van der Waals surface area contributed by atoms with Crippen LogP contribution in [0.2, 0.25) is 0 Å². The Bertz CT molecular complexity index is 1100. The number of ether oxygens (including phenoxy) is 1. The third-order valence-electron chi connectivity index (χ3n) is 5.70. The van der Waals surface area contributed by atoms with Crippen LogP contribution in [-0.4, -0.2) is 24.1 Å². The first kappa shape index (κ1) is 22.1. The minimum Gasteiger partial charge on any atom is -0.468 e. The van der Waals surface area contributed by atoms with Gasteiger partial charge in [0, 0.05) is 0 Å². The molecule has 0 aliphatic heterocycles. The second-order valence-corrected chi connectivity index (χ2v) is 7.60. The van der Waals surface area contributed by atoms with E-state index in [0.29, 0.717) is 0 Å². The molecule has 0 bridgehead atoms. The molecule has 1 atom stereocenters. The van der Waals surface area contributed by atoms with Gasteiger partial charge >= 0.3 is 11.9 Å². The van der Waals surface area contributed by atoms with Gasteiger partial charge in [0.25, 0.3) is 0 Å². The fourth-order valence-corrected chi connectivity index (χ4v) is 4.18. The van der Waals surface area contributed by atoms with E-state index in [1.54, 1.807) is 17.0 Å². The summed E-state index contributed by atoms with van der Waals surface area (Å²) in [4.78, 5) is 27.0. The van der Waals surface area contributed by atoms with E-state index in [-0.39, 0.29) is 12.5 Å². The van der Waals surface area contributed by atoms with Gasteiger partial charge in [-0.15, -0.1) is 0 Å². The van der Waals surface area contributed by atoms with Crippen LogP contribution >= 0.6 is 0 Å². The van der Waals surface area contributed by atoms with E-state index in [0.717, 1.165) is 16.7 Å². The van der Waals surface area contributed by atoms with Crippen LogP contribution in [0, 0.1) is 4.91 Å². The van der Waals surface area contributed by atoms with Gasteiger partial charge in [-0.25, -0.2) is 9.55 Å². The molecule has 0 fully saturated rings. The highest BCUT2D eigenvalue weighted by Gasteiger charge is 2.41. The molecule has 7 nitrogen and oxygen atoms in total. The molecule has 2 N–H and O–H groups in total. The van der Waals surface area contributed by atoms with E-state index in [4.69, 9.17) is 4.74 Å². The average molecular weight is 442 g/mol. The van der Waals surface area contributed by atoms with Gasteiger partial charge in [0.2, 0.25) is 0 Å². The van der Waals surface area contributed by atoms with Crippen molar-refractivity contribution < 1.29 is 14.1 Å². The molecule has 0 aliphatic rings. The molecule has 166 valence electrons. The molecule has 33 heavy (non-hydrogen) atoms. The van der Waals surface area contributed by atoms with Crippen molar-refractivity contribution in [2.45, 2.75) is 18.1 Å². The molecule has 7 heteroatoms. The number of H-pyrrole nitrogens is 1. The van der Waals surface area contributed by atoms with Crippen molar-refractivity contribution in [3.05, 3.63) is 125 Å². The first-order valence-corrected chi connectivity index (χ1v) is 10.6. The number of nitrogens with one attached hydrogen (secondary N) is 2. The minimum absolute atomic E-state index is 0.121. The molecule has 3 aromatic carbocycles. The van der Waals surface area contributed by atoms with Gasteiger partial charge in [-0.1, -0.05) is 95.9 Å². The lowest BCUT2D eigenvalue weighted by Crippen LogP contribution is -2.57. The summed E-state index contributed by atoms with van der Waals surface area (Å²) < 4.78 is 6.75. The number of aromatic amines is 1. The van der Waals surface area contributed by atoms with Crippen LogP contribution in [0.4, 0.5) is 5.95 Å². The van der Waals surface area contributed by atoms with Crippen molar-refractivity contribution in [3.8, 4) is 0 Å². The zero-order chi connectivity index (χ0) is 23.1. The number of carbonyl (C=O) groups excluding carboxylic acids is 1. The SMILES string of the molecule is COC(=O)C(C[n+]1cc[nH]c1N=O)NC(c1ccccc1)(c1ccccc1)c1ccccc1. The standard InChI is InChI=1S/C26H24N4O3/c1-33-24(31)23(19-30-18-17-27-25(30)29-32)28-26(20-11-5-2-6-12-20,21-13-7-3-8-14-21)22-15-9-4-10-16-22/h2-18,23,28H,19H2,1H3/p+1. The minimum atomic E-state index is -0.867. The number of hydrogen-bond acceptors (Lipinski definition) is 5. The van der Waals surface area contributed by atoms with Crippen LogP contribution in [0.5, 0.6) is 0 Å². The Morgan fingerprint density at radius 3 is 1.85 bits per heavy atom. The highest BCUT2D eigenvalue weighted by atomic mass is 16.5. The molecule has 0 spiro atoms. The summed E-state index contributed by atoms with van der Waals surface area (Å²) in [5, 5.41) is 6.62. The lowest BCUT2D eigenvalue weighted by molar-refractivity contribution is -0.684. The lowest BCUT2D eigenvalue weighted by Gasteiger charge is -2.39. The Morgan fingerprint density at radius 2 is 1.42 bits per heavy atom. The van der Waals surface area contributed by atoms with Crippen LogP contribution in [-0.2, 0) is 21.6 Å². The highest BCUT2D eigenvalue weighted by Crippen LogP contribution is 2.37. The number of imidazole rings is 1. The van der Waals surface area contributed by atoms with Crippen molar-refractivity contribution in [1.82, 2.24) is 10.3 Å². The zero-order valence-corrected chi connectivity index (χ0v) is 18.2. The van der Waals surface area contributed by atoms with E-state index in [1.165, 1.54) is 7.11 Å². The Balaban J connectivity index is 1.91. The monoisotopic (exact) mass is 441 g/mol. The van der Waals surface area contributed by atoms with Crippen molar-refractivity contribution >= 4 is 11.9 Å². The predicted octanol–water partition coefficient (Wildman–Crippen LogP) is 3.82. The summed E-state index contributed by atoms with van der Waals surface area (Å²) in [6.45, 7) is 0.144. The van der Waals surface area contributed by atoms with Crippen LogP contribution in [0.3, 0.4) is 0 Å². The number of nitrogens with zero attached hydrogens (tertiary/aromatic N) is 2. The maximum absolute atomic E-state index is 13.0. The van der Waals surface area contributed by atoms with E-state index >= 15 is 0 Å². The summed E-state index contributed by atoms with van der Waals surface area (Å²) in [5.41, 5.74) is 2.02. The van der Waals surface area contributed by atoms with Crippen molar-refractivity contribution in [1.29, 1.82) is 0 Å². The number of hydrogen-bond donors (Lipinski definition) is 2. The summed E-state index contributed by atoms with van der Waals surface area (Å²) in [5.74, 6) is -0.330. The number of carbonyl (C=O) groups is 1. The van der Waals surface area contributed by atoms with Gasteiger partial charge in [-0.05, 0) is 16.7 Å². The lowest BCUT2D eigenvalue weighted by atomic mass is 9.76. The molecule has 4 rings (SSSR count). The Hall–Kier alpha value is -4.10. The van der Waals surface area contributed by atoms with Gasteiger partial charge in [0.05, 0.1) is 31.6 Å². The van der Waals surface area contributed by atoms with E-state index < -0.39 is 17.6 Å². The first-order chi connectivity index (χ1) is 16.2. The van der Waals surface area contributed by atoms with Gasteiger partial charge < -0.3 is 4.74 Å². The third kappa shape index (κ3) is 4.44. The average Bonchev–Trinajstić information content (AvgIpc) is 3.35. The van der Waals surface area contributed by atoms with Crippen LogP contribution < -0.4 is 9.88 Å². The van der Waals surface area contributed by atoms with E-state index in [2.05, 4.69) is 15.5 Å². The number of methoxy groups -OCH3 is 1. The topological polar surface area (TPSA) is 87.4 Å². The normalized spacial score (nSPS) is 12.2.